The molecule has 0 aliphatic carbocycles. The van der Waals surface area contributed by atoms with E-state index in [0.717, 1.165) is 5.56 Å². The monoisotopic (exact) mass is 331 g/mol. The second-order valence-electron chi connectivity index (χ2n) is 5.35. The molecule has 4 rings (SSSR count). The Bertz CT molecular complexity index is 833. The highest BCUT2D eigenvalue weighted by Crippen LogP contribution is 2.39. The molecule has 3 unspecified atom stereocenters. The molecule has 0 fully saturated rings. The van der Waals surface area contributed by atoms with Crippen molar-refractivity contribution in [3.8, 4) is 0 Å². The topological polar surface area (TPSA) is 65.6 Å². The number of hydrogen-bond acceptors (Lipinski definition) is 4. The Labute approximate surface area is 134 Å². The summed E-state index contributed by atoms with van der Waals surface area (Å²) >= 11 is 0. The molecule has 0 radical (unpaired) electrons. The van der Waals surface area contributed by atoms with Gasteiger partial charge in [-0.3, -0.25) is 4.68 Å². The minimum atomic E-state index is -1.47. The highest BCUT2D eigenvalue weighted by Gasteiger charge is 2.36. The van der Waals surface area contributed by atoms with Gasteiger partial charge in [0.25, 0.3) is 0 Å². The summed E-state index contributed by atoms with van der Waals surface area (Å²) in [7, 11) is -1.47. The first kappa shape index (κ1) is 14.3. The van der Waals surface area contributed by atoms with Crippen LogP contribution in [0.2, 0.25) is 0 Å². The molecule has 3 aromatic rings. The molecule has 1 aliphatic heterocycles. The second kappa shape index (κ2) is 5.69. The van der Waals surface area contributed by atoms with Crippen molar-refractivity contribution in [1.82, 2.24) is 24.5 Å². The van der Waals surface area contributed by atoms with Crippen LogP contribution in [-0.4, -0.2) is 28.8 Å². The molecule has 0 amide bonds. The normalized spacial score (nSPS) is 21.3. The van der Waals surface area contributed by atoms with Crippen LogP contribution >= 0.6 is 0 Å². The van der Waals surface area contributed by atoms with Crippen LogP contribution in [0.15, 0.2) is 53.9 Å². The van der Waals surface area contributed by atoms with Crippen molar-refractivity contribution in [1.29, 1.82) is 0 Å². The van der Waals surface area contributed by atoms with Crippen molar-refractivity contribution in [2.75, 3.05) is 0 Å². The molecule has 0 N–H and O–H groups in total. The molecule has 8 heteroatoms. The highest BCUT2D eigenvalue weighted by atomic mass is 32.2. The summed E-state index contributed by atoms with van der Waals surface area (Å²) in [6.45, 7) is 0. The van der Waals surface area contributed by atoms with Crippen molar-refractivity contribution in [2.45, 2.75) is 29.7 Å². The molecule has 23 heavy (non-hydrogen) atoms. The van der Waals surface area contributed by atoms with Gasteiger partial charge in [-0.25, -0.2) is 18.3 Å². The van der Waals surface area contributed by atoms with E-state index >= 15 is 0 Å². The molecule has 3 heterocycles. The molecule has 6 nitrogen and oxygen atoms in total. The lowest BCUT2D eigenvalue weighted by Crippen LogP contribution is -2.10. The lowest BCUT2D eigenvalue weighted by Gasteiger charge is -2.11. The third kappa shape index (κ3) is 2.59. The zero-order valence-electron chi connectivity index (χ0n) is 12.1. The van der Waals surface area contributed by atoms with E-state index in [9.17, 15) is 8.60 Å². The Balaban J connectivity index is 1.64. The quantitative estimate of drug-likeness (QED) is 0.735. The Morgan fingerprint density at radius 1 is 1.26 bits per heavy atom. The van der Waals surface area contributed by atoms with Crippen LogP contribution < -0.4 is 0 Å². The van der Waals surface area contributed by atoms with Gasteiger partial charge in [0.2, 0.25) is 5.16 Å². The summed E-state index contributed by atoms with van der Waals surface area (Å²) in [5.41, 5.74) is 0.975. The number of aromatic nitrogens is 5. The lowest BCUT2D eigenvalue weighted by atomic mass is 10.0. The molecule has 1 aromatic carbocycles. The fourth-order valence-electron chi connectivity index (χ4n) is 2.76. The van der Waals surface area contributed by atoms with E-state index in [2.05, 4.69) is 15.2 Å². The predicted molar refractivity (Wildman–Crippen MR) is 81.7 cm³/mol. The van der Waals surface area contributed by atoms with Gasteiger partial charge in [0.15, 0.2) is 12.0 Å². The molecular weight excluding hydrogens is 317 g/mol. The molecule has 118 valence electrons. The van der Waals surface area contributed by atoms with Crippen LogP contribution in [0.1, 0.15) is 30.0 Å². The van der Waals surface area contributed by atoms with Gasteiger partial charge in [0.1, 0.15) is 16.7 Å². The van der Waals surface area contributed by atoms with Crippen LogP contribution in [-0.2, 0) is 16.7 Å². The van der Waals surface area contributed by atoms with E-state index in [0.29, 0.717) is 6.42 Å². The van der Waals surface area contributed by atoms with Gasteiger partial charge in [0, 0.05) is 18.8 Å². The van der Waals surface area contributed by atoms with E-state index in [1.54, 1.807) is 27.8 Å². The van der Waals surface area contributed by atoms with Gasteiger partial charge in [-0.1, -0.05) is 30.3 Å². The molecule has 3 atom stereocenters. The minimum Gasteiger partial charge on any atom is -0.260 e. The van der Waals surface area contributed by atoms with Gasteiger partial charge in [0.05, 0.1) is 6.04 Å². The summed E-state index contributed by atoms with van der Waals surface area (Å²) in [5, 5.41) is 8.47. The van der Waals surface area contributed by atoms with Crippen molar-refractivity contribution in [3.05, 3.63) is 60.2 Å². The zero-order valence-corrected chi connectivity index (χ0v) is 12.9. The van der Waals surface area contributed by atoms with Crippen LogP contribution in [0.4, 0.5) is 4.39 Å². The zero-order chi connectivity index (χ0) is 15.8. The minimum absolute atomic E-state index is 0.152. The van der Waals surface area contributed by atoms with E-state index < -0.39 is 17.0 Å². The molecule has 0 spiro atoms. The maximum atomic E-state index is 14.3. The number of hydrogen-bond donors (Lipinski definition) is 0. The largest absolute Gasteiger partial charge is 0.260 e. The molecule has 2 aromatic heterocycles. The van der Waals surface area contributed by atoms with Gasteiger partial charge in [-0.05, 0) is 11.6 Å². The van der Waals surface area contributed by atoms with Gasteiger partial charge < -0.3 is 0 Å². The Kier molecular flexibility index (Phi) is 3.53. The van der Waals surface area contributed by atoms with Crippen LogP contribution in [0.3, 0.4) is 0 Å². The number of fused-ring (bicyclic) bond motifs is 1. The highest BCUT2D eigenvalue weighted by molar-refractivity contribution is 7.83. The fraction of sp³-hybridized carbons (Fsp3) is 0.267. The van der Waals surface area contributed by atoms with E-state index in [4.69, 9.17) is 0 Å². The van der Waals surface area contributed by atoms with E-state index in [1.165, 1.54) is 0 Å². The first-order valence-corrected chi connectivity index (χ1v) is 8.55. The number of nitrogens with zero attached hydrogens (tertiary/aromatic N) is 5. The van der Waals surface area contributed by atoms with Crippen molar-refractivity contribution in [2.24, 2.45) is 0 Å². The third-order valence-electron chi connectivity index (χ3n) is 3.84. The van der Waals surface area contributed by atoms with Crippen LogP contribution in [0, 0.1) is 0 Å². The Morgan fingerprint density at radius 3 is 2.83 bits per heavy atom. The first-order valence-electron chi connectivity index (χ1n) is 7.23. The predicted octanol–water partition coefficient (Wildman–Crippen LogP) is 2.24. The van der Waals surface area contributed by atoms with Crippen LogP contribution in [0.25, 0.3) is 0 Å². The lowest BCUT2D eigenvalue weighted by molar-refractivity contribution is 0.327. The van der Waals surface area contributed by atoms with Crippen molar-refractivity contribution in [3.63, 3.8) is 0 Å². The number of alkyl halides is 1. The van der Waals surface area contributed by atoms with Gasteiger partial charge >= 0.3 is 0 Å². The maximum Gasteiger partial charge on any atom is 0.241 e. The summed E-state index contributed by atoms with van der Waals surface area (Å²) in [6.07, 6.45) is 2.45. The van der Waals surface area contributed by atoms with Crippen molar-refractivity contribution >= 4 is 10.8 Å². The Morgan fingerprint density at radius 2 is 2.09 bits per heavy atom. The molecule has 1 aliphatic rings. The molecule has 0 saturated carbocycles. The number of rotatable bonds is 4. The smallest absolute Gasteiger partial charge is 0.241 e. The van der Waals surface area contributed by atoms with Gasteiger partial charge in [-0.2, -0.15) is 5.10 Å². The van der Waals surface area contributed by atoms with E-state index in [-0.39, 0.29) is 22.9 Å². The summed E-state index contributed by atoms with van der Waals surface area (Å²) in [6, 6.07) is 11.2. The summed E-state index contributed by atoms with van der Waals surface area (Å²) in [5.74, 6) is 0.409. The summed E-state index contributed by atoms with van der Waals surface area (Å²) < 4.78 is 29.7. The molecule has 0 saturated heterocycles. The average molecular weight is 331 g/mol. The standard InChI is InChI=1S/C15H14FN5OS/c16-12-9-13(11-5-2-1-3-6-11)21-14(12)18-15(19-21)23(22)10-20-8-4-7-17-20/h1-8,12-13H,9-10H2. The maximum absolute atomic E-state index is 14.3. The van der Waals surface area contributed by atoms with Gasteiger partial charge in [-0.15, -0.1) is 5.10 Å². The Hall–Kier alpha value is -2.35. The SMILES string of the molecule is O=S(Cn1cccn1)c1nc2n(n1)C(c1ccccc1)CC2F. The van der Waals surface area contributed by atoms with Crippen LogP contribution in [0.5, 0.6) is 0 Å². The summed E-state index contributed by atoms with van der Waals surface area (Å²) in [4.78, 5) is 4.16. The third-order valence-corrected chi connectivity index (χ3v) is 4.92. The van der Waals surface area contributed by atoms with Crippen molar-refractivity contribution < 1.29 is 8.60 Å². The number of halogens is 1. The fourth-order valence-corrected chi connectivity index (χ4v) is 3.65. The van der Waals surface area contributed by atoms with E-state index in [1.807, 2.05) is 30.3 Å². The molecule has 0 bridgehead atoms. The second-order valence-corrected chi connectivity index (χ2v) is 6.66. The number of benzene rings is 1. The first-order chi connectivity index (χ1) is 11.2. The average Bonchev–Trinajstić information content (AvgIpc) is 3.27. The molecular formula is C15H14FN5OS.